The summed E-state index contributed by atoms with van der Waals surface area (Å²) in [7, 11) is 1.24. The van der Waals surface area contributed by atoms with E-state index < -0.39 is 122 Å². The Hall–Kier alpha value is -6.65. The number of β-amino-alcohol motifs (C(OH)–C–C–N with tert-alkyl or cyclic N) is 1. The number of nitrogens with two attached hydrogens (primary N) is 1. The zero-order chi connectivity index (χ0) is 46.0. The van der Waals surface area contributed by atoms with E-state index in [-0.39, 0.29) is 23.6 Å². The van der Waals surface area contributed by atoms with Crippen LogP contribution in [-0.4, -0.2) is 146 Å². The van der Waals surface area contributed by atoms with E-state index >= 15 is 0 Å². The first kappa shape index (κ1) is 47.4. The number of nitrogens with one attached hydrogen (secondary N) is 6. The molecule has 0 saturated carbocycles. The Morgan fingerprint density at radius 2 is 1.63 bits per heavy atom. The van der Waals surface area contributed by atoms with Gasteiger partial charge >= 0.3 is 6.03 Å². The maximum atomic E-state index is 13.6. The number of amides is 8. The lowest BCUT2D eigenvalue weighted by atomic mass is 9.96. The highest BCUT2D eigenvalue weighted by molar-refractivity contribution is 6.31. The van der Waals surface area contributed by atoms with Crippen LogP contribution in [0.3, 0.4) is 0 Å². The predicted octanol–water partition coefficient (Wildman–Crippen LogP) is -2.74. The van der Waals surface area contributed by atoms with Crippen LogP contribution in [0.2, 0.25) is 5.02 Å². The zero-order valence-corrected chi connectivity index (χ0v) is 34.6. The molecule has 8 amide bonds. The highest BCUT2D eigenvalue weighted by atomic mass is 35.5. The molecule has 7 atom stereocenters. The third-order valence-electron chi connectivity index (χ3n) is 10.1. The summed E-state index contributed by atoms with van der Waals surface area (Å²) in [5, 5.41) is 59.0. The van der Waals surface area contributed by atoms with Gasteiger partial charge in [-0.15, -0.1) is 0 Å². The molecular weight excluding hydrogens is 846 g/mol. The second-order valence-corrected chi connectivity index (χ2v) is 15.4. The molecule has 21 nitrogen and oxygen atoms in total. The van der Waals surface area contributed by atoms with Gasteiger partial charge in [-0.25, -0.2) is 4.79 Å². The number of hydrogen-bond acceptors (Lipinski definition) is 12. The van der Waals surface area contributed by atoms with Crippen LogP contribution in [0.4, 0.5) is 4.79 Å². The molecule has 0 aliphatic carbocycles. The van der Waals surface area contributed by atoms with Crippen molar-refractivity contribution in [3.8, 4) is 0 Å². The molecule has 3 aromatic rings. The van der Waals surface area contributed by atoms with Gasteiger partial charge < -0.3 is 63.0 Å². The number of nitrogens with zero attached hydrogens (tertiary/aromatic N) is 2. The average Bonchev–Trinajstić information content (AvgIpc) is 3.77. The van der Waals surface area contributed by atoms with Gasteiger partial charge in [0.25, 0.3) is 5.91 Å². The summed E-state index contributed by atoms with van der Waals surface area (Å²) in [6, 6.07) is 8.15. The third kappa shape index (κ3) is 12.9. The monoisotopic (exact) mass is 893 g/mol. The normalized spacial score (nSPS) is 23.7. The summed E-state index contributed by atoms with van der Waals surface area (Å²) in [6.45, 7) is -1.85. The number of primary amides is 1. The minimum Gasteiger partial charge on any atom is -0.391 e. The molecule has 2 aliphatic rings. The molecular formula is C41H48ClN9O12. The summed E-state index contributed by atoms with van der Waals surface area (Å²) in [6.07, 6.45) is -3.59. The van der Waals surface area contributed by atoms with Crippen molar-refractivity contribution in [2.75, 3.05) is 26.7 Å². The molecule has 2 aromatic carbocycles. The lowest BCUT2D eigenvalue weighted by Crippen LogP contribution is -2.60. The van der Waals surface area contributed by atoms with Gasteiger partial charge in [0.05, 0.1) is 55.7 Å². The Kier molecular flexibility index (Phi) is 16.1. The summed E-state index contributed by atoms with van der Waals surface area (Å²) in [5.41, 5.74) is 6.89. The Bertz CT molecular complexity index is 2300. The largest absolute Gasteiger partial charge is 0.391 e. The number of benzene rings is 2. The van der Waals surface area contributed by atoms with Gasteiger partial charge in [0, 0.05) is 48.4 Å². The maximum Gasteiger partial charge on any atom is 0.323 e. The molecule has 2 aliphatic heterocycles. The number of likely N-dealkylation sites (N-methyl/N-ethyl adjacent to an activating group) is 1. The van der Waals surface area contributed by atoms with Crippen LogP contribution in [0.25, 0.3) is 17.0 Å². The van der Waals surface area contributed by atoms with E-state index in [1.165, 1.54) is 25.4 Å². The van der Waals surface area contributed by atoms with Crippen molar-refractivity contribution < 1.29 is 58.8 Å². The molecule has 0 spiro atoms. The number of hydrogen-bond donors (Lipinski definition) is 11. The average molecular weight is 894 g/mol. The number of carbonyl (C=O) groups is 8. The first-order chi connectivity index (χ1) is 29.9. The van der Waals surface area contributed by atoms with Crippen molar-refractivity contribution >= 4 is 76.0 Å². The molecule has 3 heterocycles. The molecule has 12 N–H and O–H groups in total. The molecule has 6 unspecified atom stereocenters. The number of rotatable bonds is 7. The Morgan fingerprint density at radius 1 is 0.905 bits per heavy atom. The highest BCUT2D eigenvalue weighted by Gasteiger charge is 2.39. The van der Waals surface area contributed by atoms with Crippen molar-refractivity contribution in [2.24, 2.45) is 5.73 Å². The standard InChI is InChI=1S/C41H48ClN9O12/c1-50-20-34(57)47-28(12-22-19-51(41(43)63)29-13-23(42)10-11-25(22)29)39(61)45-18-33(56)44-17-24(52)14-31(54)49-36(37(59)30(53)9-5-8-21-6-3-2-4-7-21)38(60)40(62)48-26-15-32(55)46-27(26)16-35(50)58/h2-8,10-11,13,16,19,24,26,28,30,36-38,52-53,59-60H,9,12,14-15,17-18,20H2,1H3,(H2,43,63)(H,44,56)(H,45,61)(H,46,55)(H,47,57)(H,48,62)(H,49,54)/b8-5+,27-16?/t24?,26-,28?,30?,36?,37?,38?/m1/s1. The van der Waals surface area contributed by atoms with Gasteiger partial charge in [0.15, 0.2) is 6.10 Å². The van der Waals surface area contributed by atoms with Crippen LogP contribution in [0.5, 0.6) is 0 Å². The van der Waals surface area contributed by atoms with Gasteiger partial charge in [-0.3, -0.25) is 38.1 Å². The van der Waals surface area contributed by atoms with E-state index in [4.69, 9.17) is 17.3 Å². The molecule has 22 heteroatoms. The van der Waals surface area contributed by atoms with Crippen LogP contribution >= 0.6 is 11.6 Å². The fourth-order valence-corrected chi connectivity index (χ4v) is 7.02. The number of aliphatic hydroxyl groups excluding tert-OH is 4. The van der Waals surface area contributed by atoms with E-state index in [2.05, 4.69) is 31.9 Å². The summed E-state index contributed by atoms with van der Waals surface area (Å²) in [4.78, 5) is 105. The molecule has 63 heavy (non-hydrogen) atoms. The fourth-order valence-electron chi connectivity index (χ4n) is 6.85. The molecule has 336 valence electrons. The Labute approximate surface area is 364 Å². The molecule has 0 radical (unpaired) electrons. The zero-order valence-electron chi connectivity index (χ0n) is 33.8. The van der Waals surface area contributed by atoms with Crippen molar-refractivity contribution in [1.29, 1.82) is 0 Å². The van der Waals surface area contributed by atoms with Crippen molar-refractivity contribution in [2.45, 2.75) is 68.2 Å². The first-order valence-electron chi connectivity index (χ1n) is 19.6. The van der Waals surface area contributed by atoms with E-state index in [9.17, 15) is 58.8 Å². The van der Waals surface area contributed by atoms with Crippen LogP contribution in [0.1, 0.15) is 30.4 Å². The van der Waals surface area contributed by atoms with Crippen molar-refractivity contribution in [1.82, 2.24) is 41.4 Å². The van der Waals surface area contributed by atoms with Crippen molar-refractivity contribution in [3.63, 3.8) is 0 Å². The lowest BCUT2D eigenvalue weighted by molar-refractivity contribution is -0.138. The maximum absolute atomic E-state index is 13.6. The molecule has 1 saturated heterocycles. The molecule has 0 bridgehead atoms. The first-order valence-corrected chi connectivity index (χ1v) is 20.0. The summed E-state index contributed by atoms with van der Waals surface area (Å²) in [5.74, 6) is -6.25. The molecule has 1 fully saturated rings. The van der Waals surface area contributed by atoms with Crippen molar-refractivity contribution in [3.05, 3.63) is 88.7 Å². The SMILES string of the molecule is CN1CC(=O)NC(Cc2cn(C(N)=O)c3cc(Cl)ccc23)C(=O)NCC(=O)NCC(O)CC(=O)NC(C(O)C(O)C/C=C/c2ccccc2)C(O)C(=O)N[C@@H]2CC(=O)NC2=CC1=O. The number of carbonyl (C=O) groups excluding carboxylic acids is 8. The topological polar surface area (TPSA) is 324 Å². The van der Waals surface area contributed by atoms with E-state index in [1.807, 2.05) is 0 Å². The lowest BCUT2D eigenvalue weighted by Gasteiger charge is -2.31. The second-order valence-electron chi connectivity index (χ2n) is 15.0. The Morgan fingerprint density at radius 3 is 2.35 bits per heavy atom. The fraction of sp³-hybridized carbons (Fsp3) is 0.366. The number of aliphatic hydroxyl groups is 4. The van der Waals surface area contributed by atoms with Gasteiger partial charge in [0.1, 0.15) is 12.1 Å². The van der Waals surface area contributed by atoms with E-state index in [0.29, 0.717) is 16.5 Å². The van der Waals surface area contributed by atoms with Gasteiger partial charge in [0.2, 0.25) is 35.4 Å². The predicted molar refractivity (Wildman–Crippen MR) is 225 cm³/mol. The van der Waals surface area contributed by atoms with Gasteiger partial charge in [-0.05, 0) is 29.7 Å². The van der Waals surface area contributed by atoms with Crippen LogP contribution in [0.15, 0.2) is 72.6 Å². The van der Waals surface area contributed by atoms with E-state index in [1.54, 1.807) is 48.5 Å². The highest BCUT2D eigenvalue weighted by Crippen LogP contribution is 2.26. The number of aromatic nitrogens is 1. The third-order valence-corrected chi connectivity index (χ3v) is 10.4. The minimum absolute atomic E-state index is 0.132. The Balaban J connectivity index is 1.39. The van der Waals surface area contributed by atoms with Gasteiger partial charge in [-0.2, -0.15) is 0 Å². The van der Waals surface area contributed by atoms with E-state index in [0.717, 1.165) is 21.1 Å². The number of halogens is 1. The van der Waals surface area contributed by atoms with Crippen LogP contribution in [-0.2, 0) is 40.0 Å². The summed E-state index contributed by atoms with van der Waals surface area (Å²) < 4.78 is 1.10. The smallest absolute Gasteiger partial charge is 0.323 e. The second kappa shape index (κ2) is 21.4. The van der Waals surface area contributed by atoms with Gasteiger partial charge in [-0.1, -0.05) is 60.2 Å². The minimum atomic E-state index is -2.27. The van der Waals surface area contributed by atoms with Crippen LogP contribution < -0.4 is 37.6 Å². The quantitative estimate of drug-likeness (QED) is 0.115. The molecule has 5 rings (SSSR count). The summed E-state index contributed by atoms with van der Waals surface area (Å²) >= 11 is 6.14. The van der Waals surface area contributed by atoms with Crippen LogP contribution in [0, 0.1) is 0 Å². The number of fused-ring (bicyclic) bond motifs is 2. The molecule has 1 aromatic heterocycles.